The highest BCUT2D eigenvalue weighted by molar-refractivity contribution is 7.89. The molecule has 0 radical (unpaired) electrons. The van der Waals surface area contributed by atoms with Gasteiger partial charge < -0.3 is 9.84 Å². The molecule has 2 rings (SSSR count). The lowest BCUT2D eigenvalue weighted by Gasteiger charge is -2.45. The van der Waals surface area contributed by atoms with Gasteiger partial charge in [0.2, 0.25) is 10.0 Å². The zero-order valence-electron chi connectivity index (χ0n) is 11.9. The summed E-state index contributed by atoms with van der Waals surface area (Å²) in [6, 6.07) is 0. The van der Waals surface area contributed by atoms with E-state index in [1.165, 1.54) is 15.6 Å². The molecule has 1 aromatic rings. The molecule has 1 fully saturated rings. The average molecular weight is 334 g/mol. The monoisotopic (exact) mass is 334 g/mol. The van der Waals surface area contributed by atoms with E-state index in [1.54, 1.807) is 12.4 Å². The number of aliphatic carboxylic acids is 1. The van der Waals surface area contributed by atoms with Crippen LogP contribution in [0, 0.1) is 6.92 Å². The van der Waals surface area contributed by atoms with Crippen molar-refractivity contribution in [1.82, 2.24) is 9.29 Å². The minimum absolute atomic E-state index is 0.0438. The standard InChI is InChI=1S/C12H18N2O5S2/c1-3-19-12(11(15)16)6-14(7-12)21(17,18)5-4-10-9(2)13-8-20-10/h8H,3-7H2,1-2H3,(H,15,16). The molecule has 0 unspecified atom stereocenters. The number of carbonyl (C=O) groups is 1. The molecule has 0 amide bonds. The molecular weight excluding hydrogens is 316 g/mol. The van der Waals surface area contributed by atoms with E-state index in [1.807, 2.05) is 6.92 Å². The number of rotatable bonds is 7. The van der Waals surface area contributed by atoms with E-state index in [0.29, 0.717) is 6.42 Å². The van der Waals surface area contributed by atoms with Crippen LogP contribution >= 0.6 is 11.3 Å². The van der Waals surface area contributed by atoms with Gasteiger partial charge in [-0.25, -0.2) is 18.2 Å². The second-order valence-electron chi connectivity index (χ2n) is 4.93. The molecule has 0 bridgehead atoms. The van der Waals surface area contributed by atoms with Crippen LogP contribution in [-0.4, -0.2) is 59.8 Å². The second-order valence-corrected chi connectivity index (χ2v) is 7.96. The van der Waals surface area contributed by atoms with Gasteiger partial charge in [-0.15, -0.1) is 11.3 Å². The maximum Gasteiger partial charge on any atom is 0.338 e. The van der Waals surface area contributed by atoms with Crippen LogP contribution in [-0.2, 0) is 26.0 Å². The third-order valence-corrected chi connectivity index (χ3v) is 6.26. The summed E-state index contributed by atoms with van der Waals surface area (Å²) >= 11 is 1.43. The highest BCUT2D eigenvalue weighted by Crippen LogP contribution is 2.29. The molecule has 0 aromatic carbocycles. The fourth-order valence-corrected chi connectivity index (χ4v) is 4.64. The summed E-state index contributed by atoms with van der Waals surface area (Å²) in [5, 5.41) is 9.16. The van der Waals surface area contributed by atoms with Crippen LogP contribution in [0.25, 0.3) is 0 Å². The number of hydrogen-bond acceptors (Lipinski definition) is 6. The van der Waals surface area contributed by atoms with E-state index in [4.69, 9.17) is 9.84 Å². The number of carboxylic acid groups (broad SMARTS) is 1. The van der Waals surface area contributed by atoms with Crippen molar-refractivity contribution >= 4 is 27.3 Å². The largest absolute Gasteiger partial charge is 0.479 e. The van der Waals surface area contributed by atoms with Crippen LogP contribution in [0.3, 0.4) is 0 Å². The summed E-state index contributed by atoms with van der Waals surface area (Å²) in [6.45, 7) is 3.52. The summed E-state index contributed by atoms with van der Waals surface area (Å²) in [5.41, 5.74) is 1.14. The zero-order chi connectivity index (χ0) is 15.7. The van der Waals surface area contributed by atoms with E-state index < -0.39 is 21.6 Å². The topological polar surface area (TPSA) is 96.8 Å². The molecule has 1 N–H and O–H groups in total. The van der Waals surface area contributed by atoms with Crippen LogP contribution in [0.4, 0.5) is 0 Å². The number of thiazole rings is 1. The average Bonchev–Trinajstić information content (AvgIpc) is 2.76. The van der Waals surface area contributed by atoms with Gasteiger partial charge in [-0.3, -0.25) is 0 Å². The molecule has 118 valence electrons. The predicted octanol–water partition coefficient (Wildman–Crippen LogP) is 0.499. The Bertz CT molecular complexity index is 619. The Morgan fingerprint density at radius 3 is 2.71 bits per heavy atom. The van der Waals surface area contributed by atoms with Gasteiger partial charge in [-0.1, -0.05) is 0 Å². The van der Waals surface area contributed by atoms with Crippen LogP contribution < -0.4 is 0 Å². The Kier molecular flexibility index (Phi) is 4.66. The molecule has 0 spiro atoms. The third kappa shape index (κ3) is 3.25. The van der Waals surface area contributed by atoms with Gasteiger partial charge in [0.25, 0.3) is 0 Å². The molecule has 0 saturated carbocycles. The van der Waals surface area contributed by atoms with Crippen LogP contribution in [0.2, 0.25) is 0 Å². The number of carboxylic acids is 1. The Balaban J connectivity index is 1.96. The minimum Gasteiger partial charge on any atom is -0.479 e. The van der Waals surface area contributed by atoms with E-state index in [0.717, 1.165) is 10.6 Å². The van der Waals surface area contributed by atoms with Crippen molar-refractivity contribution in [1.29, 1.82) is 0 Å². The smallest absolute Gasteiger partial charge is 0.338 e. The molecule has 1 aromatic heterocycles. The van der Waals surface area contributed by atoms with Crippen molar-refractivity contribution in [2.45, 2.75) is 25.9 Å². The Labute approximate surface area is 127 Å². The molecule has 9 heteroatoms. The molecule has 0 aliphatic carbocycles. The molecule has 21 heavy (non-hydrogen) atoms. The van der Waals surface area contributed by atoms with E-state index in [-0.39, 0.29) is 25.4 Å². The number of aromatic nitrogens is 1. The van der Waals surface area contributed by atoms with E-state index >= 15 is 0 Å². The predicted molar refractivity (Wildman–Crippen MR) is 77.9 cm³/mol. The Morgan fingerprint density at radius 1 is 1.57 bits per heavy atom. The number of ether oxygens (including phenoxy) is 1. The maximum atomic E-state index is 12.2. The van der Waals surface area contributed by atoms with Gasteiger partial charge in [0, 0.05) is 11.5 Å². The minimum atomic E-state index is -3.47. The van der Waals surface area contributed by atoms with Gasteiger partial charge >= 0.3 is 5.97 Å². The van der Waals surface area contributed by atoms with E-state index in [9.17, 15) is 13.2 Å². The van der Waals surface area contributed by atoms with Gasteiger partial charge in [0.05, 0.1) is 30.0 Å². The quantitative estimate of drug-likeness (QED) is 0.780. The fourth-order valence-electron chi connectivity index (χ4n) is 2.20. The number of aryl methyl sites for hydroxylation is 2. The fraction of sp³-hybridized carbons (Fsp3) is 0.667. The second kappa shape index (κ2) is 5.99. The van der Waals surface area contributed by atoms with Crippen molar-refractivity contribution in [3.05, 3.63) is 16.1 Å². The number of hydrogen-bond donors (Lipinski definition) is 1. The van der Waals surface area contributed by atoms with Crippen molar-refractivity contribution in [2.24, 2.45) is 0 Å². The van der Waals surface area contributed by atoms with Gasteiger partial charge in [0.1, 0.15) is 0 Å². The van der Waals surface area contributed by atoms with Crippen molar-refractivity contribution in [2.75, 3.05) is 25.4 Å². The first-order valence-electron chi connectivity index (χ1n) is 6.55. The lowest BCUT2D eigenvalue weighted by Crippen LogP contribution is -2.68. The SMILES string of the molecule is CCOC1(C(=O)O)CN(S(=O)(=O)CCc2scnc2C)C1. The normalized spacial score (nSPS) is 18.4. The van der Waals surface area contributed by atoms with Crippen LogP contribution in [0.5, 0.6) is 0 Å². The highest BCUT2D eigenvalue weighted by Gasteiger charge is 2.54. The van der Waals surface area contributed by atoms with Crippen molar-refractivity contribution in [3.8, 4) is 0 Å². The highest BCUT2D eigenvalue weighted by atomic mass is 32.2. The van der Waals surface area contributed by atoms with Crippen LogP contribution in [0.15, 0.2) is 5.51 Å². The number of sulfonamides is 1. The number of nitrogens with zero attached hydrogens (tertiary/aromatic N) is 2. The maximum absolute atomic E-state index is 12.2. The van der Waals surface area contributed by atoms with Crippen molar-refractivity contribution < 1.29 is 23.1 Å². The van der Waals surface area contributed by atoms with Gasteiger partial charge in [-0.2, -0.15) is 4.31 Å². The molecule has 1 saturated heterocycles. The van der Waals surface area contributed by atoms with Crippen LogP contribution in [0.1, 0.15) is 17.5 Å². The Morgan fingerprint density at radius 2 is 2.24 bits per heavy atom. The molecule has 2 heterocycles. The van der Waals surface area contributed by atoms with Crippen molar-refractivity contribution in [3.63, 3.8) is 0 Å². The summed E-state index contributed by atoms with van der Waals surface area (Å²) in [5.74, 6) is -1.16. The third-order valence-electron chi connectivity index (χ3n) is 3.50. The molecule has 0 atom stereocenters. The molecular formula is C12H18N2O5S2. The van der Waals surface area contributed by atoms with E-state index in [2.05, 4.69) is 4.98 Å². The summed E-state index contributed by atoms with van der Waals surface area (Å²) in [6.07, 6.45) is 0.393. The molecule has 7 nitrogen and oxygen atoms in total. The first kappa shape index (κ1) is 16.3. The lowest BCUT2D eigenvalue weighted by molar-refractivity contribution is -0.181. The van der Waals surface area contributed by atoms with Gasteiger partial charge in [-0.05, 0) is 20.3 Å². The first-order chi connectivity index (χ1) is 9.81. The zero-order valence-corrected chi connectivity index (χ0v) is 13.5. The first-order valence-corrected chi connectivity index (χ1v) is 9.04. The van der Waals surface area contributed by atoms with Gasteiger partial charge in [0.15, 0.2) is 5.60 Å². The molecule has 1 aliphatic rings. The summed E-state index contributed by atoms with van der Waals surface area (Å²) in [7, 11) is -3.47. The summed E-state index contributed by atoms with van der Waals surface area (Å²) in [4.78, 5) is 16.2. The summed E-state index contributed by atoms with van der Waals surface area (Å²) < 4.78 is 30.8. The lowest BCUT2D eigenvalue weighted by atomic mass is 9.97. The Hall–Kier alpha value is -1.03. The molecule has 1 aliphatic heterocycles.